The van der Waals surface area contributed by atoms with Crippen molar-refractivity contribution in [2.24, 2.45) is 0 Å². The lowest BCUT2D eigenvalue weighted by molar-refractivity contribution is 0.160. The summed E-state index contributed by atoms with van der Waals surface area (Å²) in [5, 5.41) is 3.43. The summed E-state index contributed by atoms with van der Waals surface area (Å²) in [7, 11) is 0.747. The average molecular weight is 297 g/mol. The van der Waals surface area contributed by atoms with E-state index in [0.29, 0.717) is 0 Å². The molecule has 0 amide bonds. The Morgan fingerprint density at radius 1 is 1.00 bits per heavy atom. The Kier molecular flexibility index (Phi) is 8.53. The molecule has 0 aliphatic carbocycles. The molecule has 0 fully saturated rings. The lowest BCUT2D eigenvalue weighted by Crippen LogP contribution is -2.47. The zero-order valence-electron chi connectivity index (χ0n) is 12.9. The van der Waals surface area contributed by atoms with Crippen LogP contribution in [0.15, 0.2) is 30.3 Å². The maximum Gasteiger partial charge on any atom is 0.565 e. The van der Waals surface area contributed by atoms with E-state index >= 15 is 0 Å². The highest BCUT2D eigenvalue weighted by Gasteiger charge is 2.40. The highest BCUT2D eigenvalue weighted by atomic mass is 28.4. The molecule has 0 atom stereocenters. The molecule has 1 aromatic carbocycles. The van der Waals surface area contributed by atoms with Crippen LogP contribution in [0.4, 0.5) is 0 Å². The molecule has 1 N–H and O–H groups in total. The zero-order valence-corrected chi connectivity index (χ0v) is 13.9. The molecule has 0 spiro atoms. The van der Waals surface area contributed by atoms with Crippen molar-refractivity contribution in [3.8, 4) is 5.75 Å². The van der Waals surface area contributed by atoms with Crippen molar-refractivity contribution < 1.29 is 13.3 Å². The fourth-order valence-corrected chi connectivity index (χ4v) is 3.90. The first-order valence-electron chi connectivity index (χ1n) is 7.31. The topological polar surface area (TPSA) is 39.7 Å². The van der Waals surface area contributed by atoms with Crippen molar-refractivity contribution in [3.63, 3.8) is 0 Å². The molecule has 0 saturated carbocycles. The van der Waals surface area contributed by atoms with Crippen molar-refractivity contribution in [2.45, 2.75) is 32.2 Å². The second kappa shape index (κ2) is 9.93. The van der Waals surface area contributed by atoms with E-state index in [0.717, 1.165) is 31.3 Å². The van der Waals surface area contributed by atoms with Crippen LogP contribution in [0.5, 0.6) is 5.75 Å². The lowest BCUT2D eigenvalue weighted by atomic mass is 10.3. The van der Waals surface area contributed by atoms with E-state index in [-0.39, 0.29) is 0 Å². The molecule has 0 aliphatic heterocycles. The number of rotatable bonds is 11. The van der Waals surface area contributed by atoms with E-state index in [2.05, 4.69) is 12.2 Å². The van der Waals surface area contributed by atoms with E-state index in [9.17, 15) is 0 Å². The Hall–Kier alpha value is -0.883. The standard InChI is InChI=1S/C15H27NO3Si/c1-4-5-12-16-13-9-14-20(17-2,18-3)19-15-10-7-6-8-11-15/h6-8,10-11,16H,4-5,9,12-14H2,1-3H3. The van der Waals surface area contributed by atoms with Gasteiger partial charge in [-0.25, -0.2) is 0 Å². The summed E-state index contributed by atoms with van der Waals surface area (Å²) >= 11 is 0. The van der Waals surface area contributed by atoms with Gasteiger partial charge < -0.3 is 18.6 Å². The third-order valence-corrected chi connectivity index (χ3v) is 5.94. The lowest BCUT2D eigenvalue weighted by Gasteiger charge is -2.27. The fraction of sp³-hybridized carbons (Fsp3) is 0.600. The Balaban J connectivity index is 2.41. The summed E-state index contributed by atoms with van der Waals surface area (Å²) in [4.78, 5) is 0. The van der Waals surface area contributed by atoms with Crippen molar-refractivity contribution in [3.05, 3.63) is 30.3 Å². The van der Waals surface area contributed by atoms with Crippen LogP contribution in [0.1, 0.15) is 26.2 Å². The molecule has 0 heterocycles. The van der Waals surface area contributed by atoms with Gasteiger partial charge in [-0.3, -0.25) is 0 Å². The molecule has 0 aromatic heterocycles. The minimum atomic E-state index is -2.59. The predicted molar refractivity (Wildman–Crippen MR) is 84.0 cm³/mol. The van der Waals surface area contributed by atoms with Gasteiger partial charge in [0.25, 0.3) is 0 Å². The first-order chi connectivity index (χ1) is 9.76. The second-order valence-corrected chi connectivity index (χ2v) is 7.60. The van der Waals surface area contributed by atoms with Crippen LogP contribution in [0.25, 0.3) is 0 Å². The minimum Gasteiger partial charge on any atom is -0.501 e. The van der Waals surface area contributed by atoms with Crippen LogP contribution in [-0.2, 0) is 8.85 Å². The Morgan fingerprint density at radius 3 is 2.25 bits per heavy atom. The summed E-state index contributed by atoms with van der Waals surface area (Å²) in [6.07, 6.45) is 3.43. The van der Waals surface area contributed by atoms with Gasteiger partial charge in [-0.2, -0.15) is 0 Å². The highest BCUT2D eigenvalue weighted by molar-refractivity contribution is 6.61. The molecule has 0 aliphatic rings. The van der Waals surface area contributed by atoms with E-state index in [1.165, 1.54) is 12.8 Å². The smallest absolute Gasteiger partial charge is 0.501 e. The number of para-hydroxylation sites is 1. The van der Waals surface area contributed by atoms with Crippen LogP contribution in [-0.4, -0.2) is 36.1 Å². The maximum atomic E-state index is 5.99. The quantitative estimate of drug-likeness (QED) is 0.503. The fourth-order valence-electron chi connectivity index (χ4n) is 1.95. The molecule has 0 bridgehead atoms. The maximum absolute atomic E-state index is 5.99. The van der Waals surface area contributed by atoms with E-state index in [4.69, 9.17) is 13.3 Å². The van der Waals surface area contributed by atoms with Gasteiger partial charge in [0.1, 0.15) is 5.75 Å². The van der Waals surface area contributed by atoms with Crippen LogP contribution in [0.3, 0.4) is 0 Å². The molecule has 114 valence electrons. The van der Waals surface area contributed by atoms with Gasteiger partial charge in [-0.05, 0) is 38.1 Å². The molecule has 0 unspecified atom stereocenters. The van der Waals surface area contributed by atoms with Crippen molar-refractivity contribution >= 4 is 8.80 Å². The van der Waals surface area contributed by atoms with Gasteiger partial charge in [-0.1, -0.05) is 31.5 Å². The molecule has 0 saturated heterocycles. The number of benzene rings is 1. The van der Waals surface area contributed by atoms with Gasteiger partial charge in [0.05, 0.1) is 0 Å². The minimum absolute atomic E-state index is 0.807. The van der Waals surface area contributed by atoms with Crippen LogP contribution >= 0.6 is 0 Å². The average Bonchev–Trinajstić information content (AvgIpc) is 2.50. The molecule has 5 heteroatoms. The molecule has 4 nitrogen and oxygen atoms in total. The van der Waals surface area contributed by atoms with Crippen molar-refractivity contribution in [1.29, 1.82) is 0 Å². The van der Waals surface area contributed by atoms with E-state index < -0.39 is 8.80 Å². The monoisotopic (exact) mass is 297 g/mol. The van der Waals surface area contributed by atoms with Crippen LogP contribution in [0, 0.1) is 0 Å². The number of hydrogen-bond donors (Lipinski definition) is 1. The molecular formula is C15H27NO3Si. The summed E-state index contributed by atoms with van der Waals surface area (Å²) < 4.78 is 17.2. The third-order valence-electron chi connectivity index (χ3n) is 3.18. The summed E-state index contributed by atoms with van der Waals surface area (Å²) in [5.41, 5.74) is 0. The summed E-state index contributed by atoms with van der Waals surface area (Å²) in [6, 6.07) is 10.5. The largest absolute Gasteiger partial charge is 0.565 e. The summed E-state index contributed by atoms with van der Waals surface area (Å²) in [5.74, 6) is 0.807. The van der Waals surface area contributed by atoms with Gasteiger partial charge >= 0.3 is 8.80 Å². The van der Waals surface area contributed by atoms with Crippen molar-refractivity contribution in [2.75, 3.05) is 27.3 Å². The Morgan fingerprint density at radius 2 is 1.65 bits per heavy atom. The van der Waals surface area contributed by atoms with Gasteiger partial charge in [0.2, 0.25) is 0 Å². The molecule has 20 heavy (non-hydrogen) atoms. The molecular weight excluding hydrogens is 270 g/mol. The first kappa shape index (κ1) is 17.2. The number of unbranched alkanes of at least 4 members (excludes halogenated alkanes) is 1. The van der Waals surface area contributed by atoms with Crippen LogP contribution < -0.4 is 9.74 Å². The number of hydrogen-bond acceptors (Lipinski definition) is 4. The highest BCUT2D eigenvalue weighted by Crippen LogP contribution is 2.20. The molecule has 1 rings (SSSR count). The third kappa shape index (κ3) is 6.05. The molecule has 1 aromatic rings. The van der Waals surface area contributed by atoms with E-state index in [1.807, 2.05) is 30.3 Å². The summed E-state index contributed by atoms with van der Waals surface area (Å²) in [6.45, 7) is 4.24. The van der Waals surface area contributed by atoms with E-state index in [1.54, 1.807) is 14.2 Å². The van der Waals surface area contributed by atoms with Crippen LogP contribution in [0.2, 0.25) is 6.04 Å². The second-order valence-electron chi connectivity index (χ2n) is 4.71. The van der Waals surface area contributed by atoms with Gasteiger partial charge in [-0.15, -0.1) is 0 Å². The normalized spacial score (nSPS) is 11.6. The zero-order chi connectivity index (χ0) is 14.7. The Bertz CT molecular complexity index is 344. The molecule has 0 radical (unpaired) electrons. The number of nitrogens with one attached hydrogen (secondary N) is 1. The Labute approximate surface area is 123 Å². The van der Waals surface area contributed by atoms with Gasteiger partial charge in [0.15, 0.2) is 0 Å². The first-order valence-corrected chi connectivity index (χ1v) is 9.24. The SMILES string of the molecule is CCCCNCCC[Si](OC)(OC)Oc1ccccc1. The van der Waals surface area contributed by atoms with Gasteiger partial charge in [0, 0.05) is 20.3 Å². The predicted octanol–water partition coefficient (Wildman–Crippen LogP) is 3.08. The van der Waals surface area contributed by atoms with Crippen molar-refractivity contribution in [1.82, 2.24) is 5.32 Å².